The van der Waals surface area contributed by atoms with Gasteiger partial charge >= 0.3 is 11.9 Å². The largest absolute Gasteiger partial charge is 0.481 e. The standard InChI is InChI=1S/C14H17N5O7S/c1-4(20)25-10-9(23)5(3-27)26-13(10)19-6(2-7(21)22)16-8-11(19)17-14(15)18-12(8)24/h5,9-10,13,23,27H,2-3H2,1H3,(H,21,22)(H3,15,17,18,24)/t5-,9-,10-,13-/m1/s1. The molecule has 12 nitrogen and oxygen atoms in total. The lowest BCUT2D eigenvalue weighted by Gasteiger charge is -2.22. The van der Waals surface area contributed by atoms with Gasteiger partial charge in [0.15, 0.2) is 23.5 Å². The number of anilines is 1. The molecule has 0 spiro atoms. The number of nitrogens with two attached hydrogens (primary N) is 1. The third-order valence-electron chi connectivity index (χ3n) is 4.00. The van der Waals surface area contributed by atoms with Crippen molar-refractivity contribution in [2.45, 2.75) is 37.9 Å². The number of carbonyl (C=O) groups excluding carboxylic acids is 1. The number of carboxylic acids is 1. The molecule has 3 heterocycles. The van der Waals surface area contributed by atoms with E-state index in [9.17, 15) is 24.6 Å². The normalized spacial score (nSPS) is 25.0. The number of fused-ring (bicyclic) bond motifs is 1. The fraction of sp³-hybridized carbons (Fsp3) is 0.500. The minimum absolute atomic E-state index is 0.0540. The Morgan fingerprint density at radius 2 is 2.15 bits per heavy atom. The van der Waals surface area contributed by atoms with Crippen molar-refractivity contribution in [3.8, 4) is 0 Å². The topological polar surface area (TPSA) is 183 Å². The van der Waals surface area contributed by atoms with Crippen LogP contribution in [0.4, 0.5) is 5.95 Å². The highest BCUT2D eigenvalue weighted by Crippen LogP contribution is 2.35. The molecular weight excluding hydrogens is 382 g/mol. The molecule has 1 saturated heterocycles. The maximum absolute atomic E-state index is 12.1. The first-order chi connectivity index (χ1) is 12.7. The smallest absolute Gasteiger partial charge is 0.311 e. The van der Waals surface area contributed by atoms with Crippen LogP contribution in [0.2, 0.25) is 0 Å². The fourth-order valence-corrected chi connectivity index (χ4v) is 3.27. The minimum Gasteiger partial charge on any atom is -0.481 e. The van der Waals surface area contributed by atoms with E-state index in [0.29, 0.717) is 0 Å². The van der Waals surface area contributed by atoms with Gasteiger partial charge in [-0.3, -0.25) is 23.9 Å². The monoisotopic (exact) mass is 399 g/mol. The molecule has 0 amide bonds. The van der Waals surface area contributed by atoms with Crippen LogP contribution < -0.4 is 11.3 Å². The number of hydrogen-bond donors (Lipinski definition) is 5. The Morgan fingerprint density at radius 3 is 2.74 bits per heavy atom. The number of carbonyl (C=O) groups is 2. The first-order valence-corrected chi connectivity index (χ1v) is 8.46. The summed E-state index contributed by atoms with van der Waals surface area (Å²) in [5.74, 6) is -2.09. The molecule has 0 bridgehead atoms. The molecule has 0 aromatic carbocycles. The van der Waals surface area contributed by atoms with E-state index >= 15 is 0 Å². The first kappa shape index (κ1) is 19.1. The summed E-state index contributed by atoms with van der Waals surface area (Å²) in [4.78, 5) is 45.1. The van der Waals surface area contributed by atoms with E-state index in [1.807, 2.05) is 0 Å². The van der Waals surface area contributed by atoms with E-state index in [-0.39, 0.29) is 28.7 Å². The van der Waals surface area contributed by atoms with E-state index in [0.717, 1.165) is 6.92 Å². The molecule has 27 heavy (non-hydrogen) atoms. The summed E-state index contributed by atoms with van der Waals surface area (Å²) in [6.45, 7) is 1.16. The van der Waals surface area contributed by atoms with Crippen LogP contribution in [-0.4, -0.2) is 65.7 Å². The van der Waals surface area contributed by atoms with Gasteiger partial charge in [0.05, 0.1) is 6.10 Å². The van der Waals surface area contributed by atoms with E-state index < -0.39 is 48.5 Å². The van der Waals surface area contributed by atoms with Gasteiger partial charge in [-0.1, -0.05) is 0 Å². The van der Waals surface area contributed by atoms with E-state index in [4.69, 9.17) is 15.2 Å². The van der Waals surface area contributed by atoms with Crippen LogP contribution in [0.15, 0.2) is 4.79 Å². The average Bonchev–Trinajstić information content (AvgIpc) is 3.05. The molecular formula is C14H17N5O7S. The van der Waals surface area contributed by atoms with Crippen LogP contribution in [0.5, 0.6) is 0 Å². The van der Waals surface area contributed by atoms with Crippen molar-refractivity contribution in [3.63, 3.8) is 0 Å². The van der Waals surface area contributed by atoms with E-state index in [1.54, 1.807) is 0 Å². The number of nitrogen functional groups attached to an aromatic ring is 1. The molecule has 2 aromatic heterocycles. The molecule has 0 aliphatic carbocycles. The van der Waals surface area contributed by atoms with E-state index in [2.05, 4.69) is 27.6 Å². The second-order valence-electron chi connectivity index (χ2n) is 5.90. The molecule has 0 radical (unpaired) electrons. The van der Waals surface area contributed by atoms with Crippen LogP contribution in [0.25, 0.3) is 11.2 Å². The Hall–Kier alpha value is -2.64. The number of aromatic nitrogens is 4. The summed E-state index contributed by atoms with van der Waals surface area (Å²) in [5, 5.41) is 19.6. The molecule has 1 aliphatic rings. The van der Waals surface area contributed by atoms with Crippen LogP contribution in [0, 0.1) is 0 Å². The van der Waals surface area contributed by atoms with Crippen molar-refractivity contribution in [2.24, 2.45) is 0 Å². The Bertz CT molecular complexity index is 957. The van der Waals surface area contributed by atoms with Gasteiger partial charge in [0, 0.05) is 12.7 Å². The van der Waals surface area contributed by atoms with Crippen molar-refractivity contribution in [3.05, 3.63) is 16.2 Å². The molecule has 13 heteroatoms. The predicted octanol–water partition coefficient (Wildman–Crippen LogP) is -1.55. The van der Waals surface area contributed by atoms with E-state index in [1.165, 1.54) is 4.57 Å². The van der Waals surface area contributed by atoms with Crippen molar-refractivity contribution in [1.29, 1.82) is 0 Å². The molecule has 5 N–H and O–H groups in total. The zero-order chi connectivity index (χ0) is 19.9. The van der Waals surface area contributed by atoms with Crippen molar-refractivity contribution in [2.75, 3.05) is 11.5 Å². The second-order valence-corrected chi connectivity index (χ2v) is 6.27. The summed E-state index contributed by atoms with van der Waals surface area (Å²) in [6.07, 6.45) is -4.96. The third kappa shape index (κ3) is 3.48. The van der Waals surface area contributed by atoms with Gasteiger partial charge in [0.2, 0.25) is 5.95 Å². The lowest BCUT2D eigenvalue weighted by Crippen LogP contribution is -2.36. The van der Waals surface area contributed by atoms with Crippen LogP contribution >= 0.6 is 12.6 Å². The number of thiol groups is 1. The summed E-state index contributed by atoms with van der Waals surface area (Å²) in [7, 11) is 0. The number of aliphatic hydroxyl groups excluding tert-OH is 1. The number of aromatic amines is 1. The Labute approximate surface area is 156 Å². The average molecular weight is 399 g/mol. The number of H-pyrrole nitrogens is 1. The fourth-order valence-electron chi connectivity index (χ4n) is 2.97. The number of hydrogen-bond acceptors (Lipinski definition) is 10. The molecule has 3 rings (SSSR count). The van der Waals surface area contributed by atoms with Gasteiger partial charge in [-0.2, -0.15) is 17.6 Å². The van der Waals surface area contributed by atoms with Crippen molar-refractivity contribution >= 4 is 41.7 Å². The highest BCUT2D eigenvalue weighted by atomic mass is 32.1. The van der Waals surface area contributed by atoms with Crippen LogP contribution in [0.1, 0.15) is 19.0 Å². The van der Waals surface area contributed by atoms with Gasteiger partial charge in [-0.15, -0.1) is 0 Å². The second kappa shape index (κ2) is 7.17. The molecule has 2 aromatic rings. The van der Waals surface area contributed by atoms with Gasteiger partial charge < -0.3 is 25.4 Å². The predicted molar refractivity (Wildman–Crippen MR) is 93.2 cm³/mol. The maximum atomic E-state index is 12.1. The number of ether oxygens (including phenoxy) is 2. The van der Waals surface area contributed by atoms with Gasteiger partial charge in [-0.25, -0.2) is 4.98 Å². The maximum Gasteiger partial charge on any atom is 0.311 e. The first-order valence-electron chi connectivity index (χ1n) is 7.83. The summed E-state index contributed by atoms with van der Waals surface area (Å²) >= 11 is 4.10. The zero-order valence-electron chi connectivity index (χ0n) is 14.0. The van der Waals surface area contributed by atoms with Gasteiger partial charge in [0.1, 0.15) is 18.3 Å². The molecule has 0 unspecified atom stereocenters. The highest BCUT2D eigenvalue weighted by Gasteiger charge is 2.48. The Kier molecular flexibility index (Phi) is 5.08. The number of imidazole rings is 1. The molecule has 1 fully saturated rings. The van der Waals surface area contributed by atoms with Crippen LogP contribution in [-0.2, 0) is 25.5 Å². The number of rotatable bonds is 5. The van der Waals surface area contributed by atoms with Crippen LogP contribution in [0.3, 0.4) is 0 Å². The number of nitrogens with zero attached hydrogens (tertiary/aromatic N) is 3. The Morgan fingerprint density at radius 1 is 1.44 bits per heavy atom. The molecule has 1 aliphatic heterocycles. The zero-order valence-corrected chi connectivity index (χ0v) is 14.9. The highest BCUT2D eigenvalue weighted by molar-refractivity contribution is 7.80. The van der Waals surface area contributed by atoms with Crippen molar-refractivity contribution in [1.82, 2.24) is 19.5 Å². The number of esters is 1. The minimum atomic E-state index is -1.23. The summed E-state index contributed by atoms with van der Waals surface area (Å²) < 4.78 is 12.1. The lowest BCUT2D eigenvalue weighted by atomic mass is 10.1. The molecule has 146 valence electrons. The number of aliphatic hydroxyl groups is 1. The lowest BCUT2D eigenvalue weighted by molar-refractivity contribution is -0.156. The van der Waals surface area contributed by atoms with Gasteiger partial charge in [0.25, 0.3) is 5.56 Å². The SMILES string of the molecule is CC(=O)O[C@@H]1[C@H](O)[C@@H](CS)O[C@H]1n1c(CC(=O)O)nc2c(=O)[nH]c(N)nc21. The molecule has 0 saturated carbocycles. The quantitative estimate of drug-likeness (QED) is 0.291. The summed E-state index contributed by atoms with van der Waals surface area (Å²) in [6, 6.07) is 0. The third-order valence-corrected chi connectivity index (χ3v) is 4.36. The Balaban J connectivity index is 2.22. The molecule has 4 atom stereocenters. The number of carboxylic acid groups (broad SMARTS) is 1. The van der Waals surface area contributed by atoms with Crippen molar-refractivity contribution < 1.29 is 29.3 Å². The van der Waals surface area contributed by atoms with Gasteiger partial charge in [-0.05, 0) is 0 Å². The number of aliphatic carboxylic acids is 1. The number of nitrogens with one attached hydrogen (secondary N) is 1. The summed E-state index contributed by atoms with van der Waals surface area (Å²) in [5.41, 5.74) is 4.70.